The van der Waals surface area contributed by atoms with E-state index in [2.05, 4.69) is 9.72 Å². The number of benzene rings is 1. The summed E-state index contributed by atoms with van der Waals surface area (Å²) >= 11 is 1.24. The summed E-state index contributed by atoms with van der Waals surface area (Å²) in [6.07, 6.45) is 0.677. The average Bonchev–Trinajstić information content (AvgIpc) is 2.77. The van der Waals surface area contributed by atoms with Crippen molar-refractivity contribution in [2.75, 3.05) is 6.61 Å². The predicted molar refractivity (Wildman–Crippen MR) is 68.2 cm³/mol. The molecule has 1 aliphatic rings. The molecule has 6 heteroatoms. The molecular formula is C13H9NO4S. The van der Waals surface area contributed by atoms with Crippen molar-refractivity contribution in [3.8, 4) is 17.0 Å². The largest absolute Gasteiger partial charge is 0.493 e. The lowest BCUT2D eigenvalue weighted by molar-refractivity contribution is -0.123. The number of carbonyl (C=O) groups excluding carboxylic acids is 2. The van der Waals surface area contributed by atoms with E-state index in [1.807, 2.05) is 24.3 Å². The molecule has 0 radical (unpaired) electrons. The third kappa shape index (κ3) is 2.10. The fourth-order valence-electron chi connectivity index (χ4n) is 1.95. The third-order valence-corrected chi connectivity index (χ3v) is 3.85. The molecule has 2 aromatic rings. The van der Waals surface area contributed by atoms with Gasteiger partial charge in [0.25, 0.3) is 0 Å². The molecule has 0 N–H and O–H groups in total. The summed E-state index contributed by atoms with van der Waals surface area (Å²) in [6, 6.07) is 7.54. The first-order chi connectivity index (χ1) is 9.29. The molecule has 0 fully saturated rings. The number of carbonyl (C=O) groups is 2. The second-order valence-electron chi connectivity index (χ2n) is 3.89. The van der Waals surface area contributed by atoms with Crippen molar-refractivity contribution in [2.45, 2.75) is 6.42 Å². The molecule has 0 aliphatic carbocycles. The molecule has 0 atom stereocenters. The Bertz CT molecular complexity index is 650. The number of para-hydroxylation sites is 1. The number of fused-ring (bicyclic) bond motifs is 3. The maximum Gasteiger partial charge on any atom is 0.374 e. The highest BCUT2D eigenvalue weighted by Gasteiger charge is 2.23. The zero-order valence-corrected chi connectivity index (χ0v) is 10.6. The van der Waals surface area contributed by atoms with Crippen LogP contribution in [0.4, 0.5) is 0 Å². The van der Waals surface area contributed by atoms with Crippen molar-refractivity contribution in [1.29, 1.82) is 0 Å². The smallest absolute Gasteiger partial charge is 0.374 e. The summed E-state index contributed by atoms with van der Waals surface area (Å²) in [7, 11) is 0. The molecule has 3 rings (SSSR count). The van der Waals surface area contributed by atoms with Crippen LogP contribution in [0.1, 0.15) is 14.7 Å². The van der Waals surface area contributed by atoms with Crippen LogP contribution < -0.4 is 4.74 Å². The Morgan fingerprint density at radius 2 is 2.26 bits per heavy atom. The Labute approximate surface area is 112 Å². The first-order valence-corrected chi connectivity index (χ1v) is 6.48. The molecule has 0 amide bonds. The molecule has 1 aliphatic heterocycles. The normalized spacial score (nSPS) is 12.6. The summed E-state index contributed by atoms with van der Waals surface area (Å²) in [5, 5.41) is 0.189. The van der Waals surface area contributed by atoms with Crippen molar-refractivity contribution in [1.82, 2.24) is 4.98 Å². The van der Waals surface area contributed by atoms with Crippen LogP contribution in [0.3, 0.4) is 0 Å². The molecule has 0 bridgehead atoms. The first-order valence-electron chi connectivity index (χ1n) is 5.66. The van der Waals surface area contributed by atoms with Gasteiger partial charge in [-0.15, -0.1) is 11.3 Å². The average molecular weight is 275 g/mol. The van der Waals surface area contributed by atoms with Gasteiger partial charge in [0.1, 0.15) is 5.75 Å². The van der Waals surface area contributed by atoms with Gasteiger partial charge in [-0.05, 0) is 12.1 Å². The Balaban J connectivity index is 2.09. The summed E-state index contributed by atoms with van der Waals surface area (Å²) in [6.45, 7) is 0.653. The monoisotopic (exact) mass is 275 g/mol. The Kier molecular flexibility index (Phi) is 3.00. The quantitative estimate of drug-likeness (QED) is 0.477. The minimum atomic E-state index is -0.716. The lowest BCUT2D eigenvalue weighted by Crippen LogP contribution is -2.02. The van der Waals surface area contributed by atoms with Crippen LogP contribution in [0.25, 0.3) is 11.3 Å². The van der Waals surface area contributed by atoms with Crippen molar-refractivity contribution in [3.63, 3.8) is 0 Å². The summed E-state index contributed by atoms with van der Waals surface area (Å²) in [5.74, 6) is 0.0355. The van der Waals surface area contributed by atoms with Gasteiger partial charge in [0.15, 0.2) is 0 Å². The number of rotatable bonds is 2. The summed E-state index contributed by atoms with van der Waals surface area (Å²) < 4.78 is 9.95. The molecule has 1 aromatic heterocycles. The molecule has 19 heavy (non-hydrogen) atoms. The molecule has 0 spiro atoms. The van der Waals surface area contributed by atoms with Gasteiger partial charge < -0.3 is 9.47 Å². The molecule has 0 saturated carbocycles. The maximum atomic E-state index is 11.5. The van der Waals surface area contributed by atoms with Gasteiger partial charge in [-0.1, -0.05) is 12.1 Å². The third-order valence-electron chi connectivity index (χ3n) is 2.76. The van der Waals surface area contributed by atoms with Crippen LogP contribution in [0.15, 0.2) is 24.3 Å². The van der Waals surface area contributed by atoms with E-state index >= 15 is 0 Å². The lowest BCUT2D eigenvalue weighted by Gasteiger charge is -2.05. The molecule has 2 heterocycles. The highest BCUT2D eigenvalue weighted by atomic mass is 32.1. The van der Waals surface area contributed by atoms with Gasteiger partial charge >= 0.3 is 12.4 Å². The van der Waals surface area contributed by atoms with Crippen LogP contribution >= 0.6 is 11.3 Å². The van der Waals surface area contributed by atoms with Crippen molar-refractivity contribution in [3.05, 3.63) is 34.2 Å². The van der Waals surface area contributed by atoms with Crippen LogP contribution in [0, 0.1) is 0 Å². The number of ether oxygens (including phenoxy) is 2. The zero-order valence-electron chi connectivity index (χ0n) is 9.79. The Hall–Kier alpha value is -2.21. The van der Waals surface area contributed by atoms with Gasteiger partial charge in [-0.25, -0.2) is 9.78 Å². The van der Waals surface area contributed by atoms with E-state index in [1.54, 1.807) is 0 Å². The van der Waals surface area contributed by atoms with Crippen LogP contribution in [0.5, 0.6) is 5.75 Å². The first kappa shape index (κ1) is 11.9. The van der Waals surface area contributed by atoms with E-state index in [4.69, 9.17) is 4.74 Å². The fraction of sp³-hybridized carbons (Fsp3) is 0.154. The highest BCUT2D eigenvalue weighted by molar-refractivity contribution is 7.14. The topological polar surface area (TPSA) is 65.5 Å². The molecule has 5 nitrogen and oxygen atoms in total. The van der Waals surface area contributed by atoms with E-state index in [9.17, 15) is 9.59 Å². The lowest BCUT2D eigenvalue weighted by atomic mass is 10.1. The minimum Gasteiger partial charge on any atom is -0.493 e. The van der Waals surface area contributed by atoms with Crippen LogP contribution in [0.2, 0.25) is 0 Å². The van der Waals surface area contributed by atoms with Gasteiger partial charge in [-0.3, -0.25) is 4.79 Å². The fourth-order valence-corrected chi connectivity index (χ4v) is 2.89. The van der Waals surface area contributed by atoms with Gasteiger partial charge in [-0.2, -0.15) is 0 Å². The van der Waals surface area contributed by atoms with Gasteiger partial charge in [0.2, 0.25) is 5.01 Å². The number of hydrogen-bond donors (Lipinski definition) is 0. The van der Waals surface area contributed by atoms with E-state index in [-0.39, 0.29) is 11.5 Å². The molecule has 0 saturated heterocycles. The SMILES string of the molecule is O=COC(=O)c1nc2c(s1)CCOc1ccccc1-2. The predicted octanol–water partition coefficient (Wildman–Crippen LogP) is 2.06. The number of esters is 1. The van der Waals surface area contributed by atoms with Gasteiger partial charge in [0.05, 0.1) is 12.3 Å². The standard InChI is InChI=1S/C13H9NO4S/c15-7-18-13(16)12-14-11-8-3-1-2-4-9(8)17-6-5-10(11)19-12/h1-4,7H,5-6H2. The number of nitrogens with zero attached hydrogens (tertiary/aromatic N) is 1. The van der Waals surface area contributed by atoms with E-state index in [0.29, 0.717) is 13.0 Å². The summed E-state index contributed by atoms with van der Waals surface area (Å²) in [5.41, 5.74) is 1.59. The van der Waals surface area contributed by atoms with Crippen molar-refractivity contribution >= 4 is 23.8 Å². The molecule has 96 valence electrons. The van der Waals surface area contributed by atoms with Crippen molar-refractivity contribution < 1.29 is 19.1 Å². The Morgan fingerprint density at radius 3 is 3.11 bits per heavy atom. The van der Waals surface area contributed by atoms with E-state index in [1.165, 1.54) is 11.3 Å². The molecule has 0 unspecified atom stereocenters. The highest BCUT2D eigenvalue weighted by Crippen LogP contribution is 2.37. The van der Waals surface area contributed by atoms with E-state index < -0.39 is 5.97 Å². The minimum absolute atomic E-state index is 0.117. The number of hydrogen-bond acceptors (Lipinski definition) is 6. The van der Waals surface area contributed by atoms with Crippen LogP contribution in [-0.4, -0.2) is 24.0 Å². The van der Waals surface area contributed by atoms with Crippen LogP contribution in [-0.2, 0) is 16.0 Å². The summed E-state index contributed by atoms with van der Waals surface area (Å²) in [4.78, 5) is 27.0. The zero-order chi connectivity index (χ0) is 13.2. The number of thiazole rings is 1. The second-order valence-corrected chi connectivity index (χ2v) is 4.97. The number of aromatic nitrogens is 1. The van der Waals surface area contributed by atoms with E-state index in [0.717, 1.165) is 21.9 Å². The van der Waals surface area contributed by atoms with Gasteiger partial charge in [0, 0.05) is 16.9 Å². The second kappa shape index (κ2) is 4.81. The molecular weight excluding hydrogens is 266 g/mol. The maximum absolute atomic E-state index is 11.5. The van der Waals surface area contributed by atoms with Crippen molar-refractivity contribution in [2.24, 2.45) is 0 Å². The molecule has 1 aromatic carbocycles. The Morgan fingerprint density at radius 1 is 1.42 bits per heavy atom.